The maximum Gasteiger partial charge on any atom is 0.408 e. The summed E-state index contributed by atoms with van der Waals surface area (Å²) in [4.78, 5) is 42.5. The zero-order valence-corrected chi connectivity index (χ0v) is 25.7. The van der Waals surface area contributed by atoms with Crippen molar-refractivity contribution in [2.24, 2.45) is 0 Å². The van der Waals surface area contributed by atoms with Crippen molar-refractivity contribution >= 4 is 35.4 Å². The maximum atomic E-state index is 14.2. The van der Waals surface area contributed by atoms with Crippen LogP contribution in [-0.4, -0.2) is 60.1 Å². The number of alkyl carbamates (subject to hydrolysis) is 1. The lowest BCUT2D eigenvalue weighted by molar-refractivity contribution is -0.141. The summed E-state index contributed by atoms with van der Waals surface area (Å²) in [5, 5.41) is 5.77. The van der Waals surface area contributed by atoms with E-state index in [1.165, 1.54) is 0 Å². The summed E-state index contributed by atoms with van der Waals surface area (Å²) in [7, 11) is 1.58. The molecule has 0 bridgehead atoms. The number of hydrogen-bond acceptors (Lipinski definition) is 6. The molecule has 0 aromatic heterocycles. The highest BCUT2D eigenvalue weighted by Crippen LogP contribution is 2.27. The topological polar surface area (TPSA) is 97.0 Å². The number of thioether (sulfide) groups is 1. The van der Waals surface area contributed by atoms with Gasteiger partial charge < -0.3 is 25.0 Å². The monoisotopic (exact) mass is 571 g/mol. The van der Waals surface area contributed by atoms with E-state index in [9.17, 15) is 14.4 Å². The van der Waals surface area contributed by atoms with E-state index in [4.69, 9.17) is 9.47 Å². The predicted octanol–water partition coefficient (Wildman–Crippen LogP) is 6.35. The van der Waals surface area contributed by atoms with Crippen molar-refractivity contribution in [2.75, 3.05) is 31.0 Å². The number of benzene rings is 2. The molecule has 0 fully saturated rings. The Morgan fingerprint density at radius 3 is 2.20 bits per heavy atom. The lowest BCUT2D eigenvalue weighted by Crippen LogP contribution is -2.52. The zero-order valence-electron chi connectivity index (χ0n) is 24.9. The van der Waals surface area contributed by atoms with Crippen LogP contribution in [0.5, 0.6) is 5.75 Å². The minimum Gasteiger partial charge on any atom is -0.497 e. The minimum atomic E-state index is -0.899. The smallest absolute Gasteiger partial charge is 0.408 e. The van der Waals surface area contributed by atoms with Crippen LogP contribution in [0.3, 0.4) is 0 Å². The Kier molecular flexibility index (Phi) is 13.3. The average molecular weight is 572 g/mol. The molecule has 0 saturated carbocycles. The Balaban J connectivity index is 2.49. The Morgan fingerprint density at radius 1 is 1.00 bits per heavy atom. The number of nitrogens with zero attached hydrogens (tertiary/aromatic N) is 1. The number of methoxy groups -OCH3 is 1. The van der Waals surface area contributed by atoms with Crippen molar-refractivity contribution in [3.8, 4) is 5.75 Å². The van der Waals surface area contributed by atoms with E-state index in [1.807, 2.05) is 37.4 Å². The van der Waals surface area contributed by atoms with Gasteiger partial charge in [-0.05, 0) is 82.4 Å². The summed E-state index contributed by atoms with van der Waals surface area (Å²) in [6, 6.07) is 12.9. The van der Waals surface area contributed by atoms with Gasteiger partial charge in [0.2, 0.25) is 5.91 Å². The number of carbonyl (C=O) groups excluding carboxylic acids is 3. The van der Waals surface area contributed by atoms with E-state index < -0.39 is 23.8 Å². The second-order valence-corrected chi connectivity index (χ2v) is 11.7. The summed E-state index contributed by atoms with van der Waals surface area (Å²) in [5.74, 6) is 0.683. The van der Waals surface area contributed by atoms with Crippen LogP contribution in [0, 0.1) is 6.92 Å². The number of hydrogen-bond donors (Lipinski definition) is 2. The third-order valence-electron chi connectivity index (χ3n) is 6.20. The van der Waals surface area contributed by atoms with Crippen LogP contribution >= 0.6 is 11.8 Å². The summed E-state index contributed by atoms with van der Waals surface area (Å²) in [6.45, 7) is 9.76. The Bertz CT molecular complexity index is 1080. The van der Waals surface area contributed by atoms with Crippen molar-refractivity contribution in [3.63, 3.8) is 0 Å². The van der Waals surface area contributed by atoms with Gasteiger partial charge in [0.1, 0.15) is 23.4 Å². The number of ether oxygens (including phenoxy) is 2. The fourth-order valence-corrected chi connectivity index (χ4v) is 4.62. The molecule has 3 amide bonds. The van der Waals surface area contributed by atoms with E-state index in [0.717, 1.165) is 24.8 Å². The molecule has 0 radical (unpaired) electrons. The summed E-state index contributed by atoms with van der Waals surface area (Å²) in [5.41, 5.74) is 1.63. The highest BCUT2D eigenvalue weighted by atomic mass is 32.2. The molecule has 9 heteroatoms. The van der Waals surface area contributed by atoms with Crippen molar-refractivity contribution < 1.29 is 23.9 Å². The quantitative estimate of drug-likeness (QED) is 0.257. The first-order valence-corrected chi connectivity index (χ1v) is 15.2. The largest absolute Gasteiger partial charge is 0.497 e. The van der Waals surface area contributed by atoms with E-state index in [2.05, 4.69) is 17.6 Å². The van der Waals surface area contributed by atoms with Crippen LogP contribution in [0.2, 0.25) is 0 Å². The molecule has 0 aliphatic carbocycles. The first kappa shape index (κ1) is 33.0. The van der Waals surface area contributed by atoms with Crippen molar-refractivity contribution in [1.29, 1.82) is 0 Å². The molecule has 2 rings (SSSR count). The highest BCUT2D eigenvalue weighted by Gasteiger charge is 2.36. The Hall–Kier alpha value is -3.20. The molecule has 0 heterocycles. The molecule has 0 aliphatic heterocycles. The summed E-state index contributed by atoms with van der Waals surface area (Å²) >= 11 is 1.59. The molecule has 8 nitrogen and oxygen atoms in total. The molecule has 0 saturated heterocycles. The predicted molar refractivity (Wildman–Crippen MR) is 163 cm³/mol. The van der Waals surface area contributed by atoms with Crippen molar-refractivity contribution in [3.05, 3.63) is 59.7 Å². The molecule has 0 aliphatic rings. The van der Waals surface area contributed by atoms with Crippen molar-refractivity contribution in [2.45, 2.75) is 78.0 Å². The van der Waals surface area contributed by atoms with Crippen LogP contribution in [0.25, 0.3) is 0 Å². The van der Waals surface area contributed by atoms with Gasteiger partial charge in [0, 0.05) is 12.2 Å². The standard InChI is InChI=1S/C31H45N3O5S/c1-8-9-10-20-34(29(36)26(19-21-40-7)33-30(37)39-31(3,4)5)27(23-13-11-22(2)12-14-23)28(35)32-24-15-17-25(38-6)18-16-24/h11-18,26-27H,8-10,19-21H2,1-7H3,(H,32,35)(H,33,37). The first-order valence-electron chi connectivity index (χ1n) is 13.8. The van der Waals surface area contributed by atoms with Crippen LogP contribution in [-0.2, 0) is 14.3 Å². The second-order valence-electron chi connectivity index (χ2n) is 10.8. The van der Waals surface area contributed by atoms with Crippen LogP contribution in [0.1, 0.15) is 70.5 Å². The van der Waals surface area contributed by atoms with Gasteiger partial charge in [-0.3, -0.25) is 9.59 Å². The van der Waals surface area contributed by atoms with Gasteiger partial charge >= 0.3 is 6.09 Å². The van der Waals surface area contributed by atoms with Crippen LogP contribution in [0.15, 0.2) is 48.5 Å². The van der Waals surface area contributed by atoms with E-state index in [1.54, 1.807) is 68.8 Å². The summed E-state index contributed by atoms with van der Waals surface area (Å²) < 4.78 is 10.7. The number of nitrogens with one attached hydrogen (secondary N) is 2. The van der Waals surface area contributed by atoms with E-state index >= 15 is 0 Å². The van der Waals surface area contributed by atoms with Gasteiger partial charge in [-0.15, -0.1) is 0 Å². The van der Waals surface area contributed by atoms with Crippen LogP contribution < -0.4 is 15.4 Å². The van der Waals surface area contributed by atoms with Gasteiger partial charge in [-0.2, -0.15) is 11.8 Å². The van der Waals surface area contributed by atoms with Gasteiger partial charge in [0.05, 0.1) is 7.11 Å². The average Bonchev–Trinajstić information content (AvgIpc) is 2.90. The molecule has 2 aromatic carbocycles. The minimum absolute atomic E-state index is 0.313. The molecule has 2 aromatic rings. The molecular weight excluding hydrogens is 526 g/mol. The number of amides is 3. The molecular formula is C31H45N3O5S. The van der Waals surface area contributed by atoms with Gasteiger partial charge in [-0.1, -0.05) is 49.6 Å². The molecule has 40 heavy (non-hydrogen) atoms. The third kappa shape index (κ3) is 10.8. The fourth-order valence-electron chi connectivity index (χ4n) is 4.15. The lowest BCUT2D eigenvalue weighted by Gasteiger charge is -2.34. The van der Waals surface area contributed by atoms with Crippen molar-refractivity contribution in [1.82, 2.24) is 10.2 Å². The number of anilines is 1. The number of rotatable bonds is 14. The molecule has 2 N–H and O–H groups in total. The van der Waals surface area contributed by atoms with E-state index in [0.29, 0.717) is 35.7 Å². The fraction of sp³-hybridized carbons (Fsp3) is 0.516. The normalized spacial score (nSPS) is 12.7. The van der Waals surface area contributed by atoms with Crippen LogP contribution in [0.4, 0.5) is 10.5 Å². The van der Waals surface area contributed by atoms with Gasteiger partial charge in [0.15, 0.2) is 0 Å². The first-order chi connectivity index (χ1) is 19.0. The highest BCUT2D eigenvalue weighted by molar-refractivity contribution is 7.98. The van der Waals surface area contributed by atoms with Gasteiger partial charge in [0.25, 0.3) is 5.91 Å². The zero-order chi connectivity index (χ0) is 29.7. The van der Waals surface area contributed by atoms with E-state index in [-0.39, 0.29) is 11.8 Å². The molecule has 220 valence electrons. The molecule has 2 unspecified atom stereocenters. The maximum absolute atomic E-state index is 14.2. The SMILES string of the molecule is CCCCCN(C(=O)C(CCSC)NC(=O)OC(C)(C)C)C(C(=O)Nc1ccc(OC)cc1)c1ccc(C)cc1. The molecule has 2 atom stereocenters. The number of aryl methyl sites for hydroxylation is 1. The number of carbonyl (C=O) groups is 3. The lowest BCUT2D eigenvalue weighted by atomic mass is 10.0. The second kappa shape index (κ2) is 16.2. The summed E-state index contributed by atoms with van der Waals surface area (Å²) in [6.07, 6.45) is 4.29. The Morgan fingerprint density at radius 2 is 1.65 bits per heavy atom. The third-order valence-corrected chi connectivity index (χ3v) is 6.84. The molecule has 0 spiro atoms. The number of unbranched alkanes of at least 4 members (excludes halogenated alkanes) is 2. The Labute approximate surface area is 243 Å². The van der Waals surface area contributed by atoms with Gasteiger partial charge in [-0.25, -0.2) is 4.79 Å².